The molecule has 1 aromatic rings. The van der Waals surface area contributed by atoms with Gasteiger partial charge in [-0.2, -0.15) is 0 Å². The van der Waals surface area contributed by atoms with Crippen LogP contribution in [0, 0.1) is 24.2 Å². The molecule has 2 nitrogen and oxygen atoms in total. The molecule has 0 aliphatic carbocycles. The molecule has 1 rings (SSSR count). The third-order valence-corrected chi connectivity index (χ3v) is 2.30. The highest BCUT2D eigenvalue weighted by Crippen LogP contribution is 2.14. The van der Waals surface area contributed by atoms with Crippen LogP contribution in [0.5, 0.6) is 0 Å². The van der Waals surface area contributed by atoms with E-state index in [0.717, 1.165) is 11.1 Å². The summed E-state index contributed by atoms with van der Waals surface area (Å²) in [6, 6.07) is 5.56. The van der Waals surface area contributed by atoms with Crippen LogP contribution in [0.25, 0.3) is 0 Å². The summed E-state index contributed by atoms with van der Waals surface area (Å²) in [7, 11) is 0. The first kappa shape index (κ1) is 14.3. The van der Waals surface area contributed by atoms with Gasteiger partial charge >= 0.3 is 5.97 Å². The molecule has 0 aromatic heterocycles. The molecule has 0 aliphatic rings. The maximum Gasteiger partial charge on any atom is 0.338 e. The Kier molecular flexibility index (Phi) is 4.55. The molecule has 0 spiro atoms. The summed E-state index contributed by atoms with van der Waals surface area (Å²) in [6.45, 7) is 10.3. The van der Waals surface area contributed by atoms with E-state index in [1.165, 1.54) is 0 Å². The molecule has 0 bridgehead atoms. The van der Waals surface area contributed by atoms with E-state index in [1.54, 1.807) is 13.0 Å². The SMILES string of the molecule is CCOC(=O)c1ccc(C#CC(C)(C)C)cc1C. The van der Waals surface area contributed by atoms with Gasteiger partial charge in [0.1, 0.15) is 0 Å². The van der Waals surface area contributed by atoms with Crippen LogP contribution in [0.1, 0.15) is 49.2 Å². The second-order valence-corrected chi connectivity index (χ2v) is 5.25. The van der Waals surface area contributed by atoms with E-state index in [9.17, 15) is 4.79 Å². The monoisotopic (exact) mass is 244 g/mol. The maximum atomic E-state index is 11.6. The van der Waals surface area contributed by atoms with Crippen LogP contribution in [0.3, 0.4) is 0 Å². The average Bonchev–Trinajstić information content (AvgIpc) is 2.25. The minimum atomic E-state index is -0.273. The molecule has 0 saturated heterocycles. The molecular formula is C16H20O2. The Morgan fingerprint density at radius 3 is 2.50 bits per heavy atom. The standard InChI is InChI=1S/C16H20O2/c1-6-18-15(17)14-8-7-13(11-12(14)2)9-10-16(3,4)5/h7-8,11H,6H2,1-5H3. The van der Waals surface area contributed by atoms with Crippen molar-refractivity contribution in [3.8, 4) is 11.8 Å². The van der Waals surface area contributed by atoms with Crippen LogP contribution in [0.15, 0.2) is 18.2 Å². The van der Waals surface area contributed by atoms with Crippen LogP contribution in [-0.2, 0) is 4.74 Å². The van der Waals surface area contributed by atoms with Crippen molar-refractivity contribution in [2.75, 3.05) is 6.61 Å². The summed E-state index contributed by atoms with van der Waals surface area (Å²) < 4.78 is 4.99. The Morgan fingerprint density at radius 1 is 1.33 bits per heavy atom. The number of hydrogen-bond donors (Lipinski definition) is 0. The summed E-state index contributed by atoms with van der Waals surface area (Å²) in [5, 5.41) is 0. The molecule has 0 radical (unpaired) electrons. The lowest BCUT2D eigenvalue weighted by molar-refractivity contribution is 0.0525. The van der Waals surface area contributed by atoms with Gasteiger partial charge < -0.3 is 4.74 Å². The Balaban J connectivity index is 2.99. The summed E-state index contributed by atoms with van der Waals surface area (Å²) in [4.78, 5) is 11.6. The number of esters is 1. The third kappa shape index (κ3) is 4.25. The first-order valence-electron chi connectivity index (χ1n) is 6.14. The molecule has 2 heteroatoms. The highest BCUT2D eigenvalue weighted by molar-refractivity contribution is 5.91. The van der Waals surface area contributed by atoms with E-state index < -0.39 is 0 Å². The highest BCUT2D eigenvalue weighted by Gasteiger charge is 2.10. The Bertz CT molecular complexity index is 496. The Labute approximate surface area is 109 Å². The van der Waals surface area contributed by atoms with Gasteiger partial charge in [-0.25, -0.2) is 4.79 Å². The smallest absolute Gasteiger partial charge is 0.338 e. The van der Waals surface area contributed by atoms with E-state index in [-0.39, 0.29) is 11.4 Å². The van der Waals surface area contributed by atoms with Crippen LogP contribution in [0.2, 0.25) is 0 Å². The van der Waals surface area contributed by atoms with Gasteiger partial charge in [0.25, 0.3) is 0 Å². The van der Waals surface area contributed by atoms with Gasteiger partial charge in [-0.1, -0.05) is 11.8 Å². The molecule has 0 fully saturated rings. The molecule has 0 heterocycles. The fourth-order valence-corrected chi connectivity index (χ4v) is 1.44. The number of benzene rings is 1. The Morgan fingerprint density at radius 2 is 2.00 bits per heavy atom. The van der Waals surface area contributed by atoms with Crippen LogP contribution in [-0.4, -0.2) is 12.6 Å². The summed E-state index contributed by atoms with van der Waals surface area (Å²) >= 11 is 0. The summed E-state index contributed by atoms with van der Waals surface area (Å²) in [6.07, 6.45) is 0. The van der Waals surface area contributed by atoms with E-state index in [1.807, 2.05) is 19.1 Å². The van der Waals surface area contributed by atoms with Gasteiger partial charge in [0.2, 0.25) is 0 Å². The van der Waals surface area contributed by atoms with Crippen molar-refractivity contribution < 1.29 is 9.53 Å². The number of aryl methyl sites for hydroxylation is 1. The first-order chi connectivity index (χ1) is 8.33. The molecule has 1 aromatic carbocycles. The molecule has 0 N–H and O–H groups in total. The second-order valence-electron chi connectivity index (χ2n) is 5.25. The second kappa shape index (κ2) is 5.73. The lowest BCUT2D eigenvalue weighted by Crippen LogP contribution is -2.06. The first-order valence-corrected chi connectivity index (χ1v) is 6.14. The number of ether oxygens (including phenoxy) is 1. The predicted molar refractivity (Wildman–Crippen MR) is 73.5 cm³/mol. The van der Waals surface area contributed by atoms with Crippen LogP contribution >= 0.6 is 0 Å². The molecule has 0 unspecified atom stereocenters. The minimum Gasteiger partial charge on any atom is -0.462 e. The molecule has 0 aliphatic heterocycles. The van der Waals surface area contributed by atoms with Gasteiger partial charge in [0, 0.05) is 11.0 Å². The number of carbonyl (C=O) groups is 1. The number of rotatable bonds is 2. The van der Waals surface area contributed by atoms with E-state index in [4.69, 9.17) is 4.74 Å². The third-order valence-electron chi connectivity index (χ3n) is 2.30. The number of carbonyl (C=O) groups excluding carboxylic acids is 1. The molecular weight excluding hydrogens is 224 g/mol. The quantitative estimate of drug-likeness (QED) is 0.587. The van der Waals surface area contributed by atoms with Crippen LogP contribution < -0.4 is 0 Å². The van der Waals surface area contributed by atoms with Gasteiger partial charge in [-0.15, -0.1) is 0 Å². The minimum absolute atomic E-state index is 0.0201. The predicted octanol–water partition coefficient (Wildman–Crippen LogP) is 3.57. The molecule has 0 saturated carbocycles. The molecule has 96 valence electrons. The van der Waals surface area contributed by atoms with Crippen molar-refractivity contribution in [2.24, 2.45) is 5.41 Å². The Hall–Kier alpha value is -1.75. The van der Waals surface area contributed by atoms with Crippen molar-refractivity contribution in [1.82, 2.24) is 0 Å². The van der Waals surface area contributed by atoms with E-state index in [2.05, 4.69) is 32.6 Å². The summed E-state index contributed by atoms with van der Waals surface area (Å²) in [5.41, 5.74) is 2.41. The molecule has 0 amide bonds. The fourth-order valence-electron chi connectivity index (χ4n) is 1.44. The molecule has 0 atom stereocenters. The zero-order chi connectivity index (χ0) is 13.8. The highest BCUT2D eigenvalue weighted by atomic mass is 16.5. The zero-order valence-electron chi connectivity index (χ0n) is 11.8. The van der Waals surface area contributed by atoms with E-state index in [0.29, 0.717) is 12.2 Å². The lowest BCUT2D eigenvalue weighted by atomic mass is 9.97. The number of hydrogen-bond acceptors (Lipinski definition) is 2. The van der Waals surface area contributed by atoms with Crippen molar-refractivity contribution in [1.29, 1.82) is 0 Å². The largest absolute Gasteiger partial charge is 0.462 e. The zero-order valence-corrected chi connectivity index (χ0v) is 11.8. The van der Waals surface area contributed by atoms with Gasteiger partial charge in [-0.3, -0.25) is 0 Å². The van der Waals surface area contributed by atoms with Crippen molar-refractivity contribution in [3.63, 3.8) is 0 Å². The van der Waals surface area contributed by atoms with Crippen molar-refractivity contribution in [3.05, 3.63) is 34.9 Å². The summed E-state index contributed by atoms with van der Waals surface area (Å²) in [5.74, 6) is 6.02. The average molecular weight is 244 g/mol. The normalized spacial score (nSPS) is 10.5. The van der Waals surface area contributed by atoms with Crippen molar-refractivity contribution in [2.45, 2.75) is 34.6 Å². The molecule has 18 heavy (non-hydrogen) atoms. The lowest BCUT2D eigenvalue weighted by Gasteiger charge is -2.08. The topological polar surface area (TPSA) is 26.3 Å². The van der Waals surface area contributed by atoms with E-state index >= 15 is 0 Å². The van der Waals surface area contributed by atoms with Gasteiger partial charge in [0.05, 0.1) is 12.2 Å². The van der Waals surface area contributed by atoms with Crippen LogP contribution in [0.4, 0.5) is 0 Å². The van der Waals surface area contributed by atoms with Gasteiger partial charge in [0.15, 0.2) is 0 Å². The van der Waals surface area contributed by atoms with Gasteiger partial charge in [-0.05, 0) is 58.4 Å². The maximum absolute atomic E-state index is 11.6. The van der Waals surface area contributed by atoms with Crippen molar-refractivity contribution >= 4 is 5.97 Å². The fraction of sp³-hybridized carbons (Fsp3) is 0.438.